The summed E-state index contributed by atoms with van der Waals surface area (Å²) in [5.41, 5.74) is 11.2. The Hall–Kier alpha value is -4.99. The van der Waals surface area contributed by atoms with Crippen LogP contribution >= 0.6 is 0 Å². The van der Waals surface area contributed by atoms with Gasteiger partial charge in [0, 0.05) is 40.5 Å². The van der Waals surface area contributed by atoms with Crippen LogP contribution in [0.25, 0.3) is 22.2 Å². The predicted octanol–water partition coefficient (Wildman–Crippen LogP) is 5.53. The molecule has 1 spiro atoms. The number of fused-ring (bicyclic) bond motifs is 5. The van der Waals surface area contributed by atoms with Crippen molar-refractivity contribution in [3.63, 3.8) is 0 Å². The molecule has 232 valence electrons. The molecule has 10 nitrogen and oxygen atoms in total. The summed E-state index contributed by atoms with van der Waals surface area (Å²) in [6.07, 6.45) is 1.51. The lowest BCUT2D eigenvalue weighted by molar-refractivity contribution is -0.139. The average Bonchev–Trinajstić information content (AvgIpc) is 3.51. The molecule has 2 aliphatic heterocycles. The van der Waals surface area contributed by atoms with Gasteiger partial charge in [-0.15, -0.1) is 0 Å². The second-order valence-corrected chi connectivity index (χ2v) is 12.8. The number of amides is 3. The maximum atomic E-state index is 13.8. The second-order valence-electron chi connectivity index (χ2n) is 12.8. The number of methoxy groups -OCH3 is 1. The van der Waals surface area contributed by atoms with Crippen molar-refractivity contribution in [1.82, 2.24) is 14.8 Å². The Labute approximate surface area is 261 Å². The molecule has 3 amide bonds. The van der Waals surface area contributed by atoms with Crippen molar-refractivity contribution in [1.29, 1.82) is 0 Å². The first-order valence-electron chi connectivity index (χ1n) is 15.4. The van der Waals surface area contributed by atoms with E-state index in [1.54, 1.807) is 4.90 Å². The van der Waals surface area contributed by atoms with Crippen LogP contribution < -0.4 is 21.1 Å². The number of nitrogen functional groups attached to an aromatic ring is 1. The van der Waals surface area contributed by atoms with Gasteiger partial charge in [-0.1, -0.05) is 44.2 Å². The van der Waals surface area contributed by atoms with E-state index in [9.17, 15) is 14.4 Å². The Kier molecular flexibility index (Phi) is 6.95. The number of alkyl carbamates (subject to hydrolysis) is 1. The normalized spacial score (nSPS) is 19.9. The van der Waals surface area contributed by atoms with Gasteiger partial charge in [0.25, 0.3) is 0 Å². The molecule has 1 saturated carbocycles. The zero-order chi connectivity index (χ0) is 31.5. The first kappa shape index (κ1) is 28.8. The summed E-state index contributed by atoms with van der Waals surface area (Å²) >= 11 is 0. The molecular formula is C35H37N5O5. The van der Waals surface area contributed by atoms with Gasteiger partial charge in [-0.3, -0.25) is 9.59 Å². The SMILES string of the molecule is COC(=O)NC(C(=O)N1CC2(CC2)CC1C(=O)Nc1ccc2c(c1)cc1n2C(c2ccccc2)Oc2cc(N)ccc2-1)C(C)C. The lowest BCUT2D eigenvalue weighted by atomic mass is 10.0. The Bertz CT molecular complexity index is 1810. The van der Waals surface area contributed by atoms with Crippen LogP contribution in [-0.2, 0) is 14.3 Å². The van der Waals surface area contributed by atoms with Gasteiger partial charge < -0.3 is 35.3 Å². The molecular weight excluding hydrogens is 570 g/mol. The van der Waals surface area contributed by atoms with E-state index in [-0.39, 0.29) is 23.1 Å². The molecule has 7 rings (SSSR count). The highest BCUT2D eigenvalue weighted by atomic mass is 16.5. The quantitative estimate of drug-likeness (QED) is 0.247. The molecule has 45 heavy (non-hydrogen) atoms. The van der Waals surface area contributed by atoms with Crippen LogP contribution in [0.3, 0.4) is 0 Å². The molecule has 10 heteroatoms. The van der Waals surface area contributed by atoms with Gasteiger partial charge in [0.05, 0.1) is 18.3 Å². The van der Waals surface area contributed by atoms with Crippen LogP contribution in [0.1, 0.15) is 44.9 Å². The van der Waals surface area contributed by atoms with Crippen LogP contribution in [-0.4, -0.2) is 53.1 Å². The Balaban J connectivity index is 1.19. The van der Waals surface area contributed by atoms with Crippen LogP contribution in [0.4, 0.5) is 16.2 Å². The summed E-state index contributed by atoms with van der Waals surface area (Å²) < 4.78 is 13.4. The summed E-state index contributed by atoms with van der Waals surface area (Å²) in [6, 6.07) is 22.2. The maximum absolute atomic E-state index is 13.8. The van der Waals surface area contributed by atoms with Gasteiger partial charge in [0.2, 0.25) is 18.0 Å². The van der Waals surface area contributed by atoms with Crippen molar-refractivity contribution in [3.05, 3.63) is 78.4 Å². The van der Waals surface area contributed by atoms with Crippen molar-refractivity contribution in [2.75, 3.05) is 24.7 Å². The first-order chi connectivity index (χ1) is 21.7. The smallest absolute Gasteiger partial charge is 0.407 e. The minimum atomic E-state index is -0.788. The summed E-state index contributed by atoms with van der Waals surface area (Å²) in [6.45, 7) is 4.24. The summed E-state index contributed by atoms with van der Waals surface area (Å²) in [7, 11) is 1.27. The molecule has 1 aromatic heterocycles. The number of likely N-dealkylation sites (tertiary alicyclic amines) is 1. The van der Waals surface area contributed by atoms with Crippen molar-refractivity contribution in [2.24, 2.45) is 11.3 Å². The number of benzene rings is 3. The number of carbonyl (C=O) groups excluding carboxylic acids is 3. The van der Waals surface area contributed by atoms with E-state index in [1.165, 1.54) is 7.11 Å². The fourth-order valence-corrected chi connectivity index (χ4v) is 6.79. The largest absolute Gasteiger partial charge is 0.465 e. The molecule has 0 radical (unpaired) electrons. The van der Waals surface area contributed by atoms with Gasteiger partial charge in [0.1, 0.15) is 17.8 Å². The molecule has 3 aromatic carbocycles. The van der Waals surface area contributed by atoms with Crippen molar-refractivity contribution in [3.8, 4) is 17.0 Å². The van der Waals surface area contributed by atoms with E-state index in [2.05, 4.69) is 21.3 Å². The molecule has 0 bridgehead atoms. The third-order valence-electron chi connectivity index (χ3n) is 9.39. The van der Waals surface area contributed by atoms with Crippen LogP contribution in [0.15, 0.2) is 72.8 Å². The lowest BCUT2D eigenvalue weighted by Gasteiger charge is -2.30. The number of hydrogen-bond donors (Lipinski definition) is 3. The van der Waals surface area contributed by atoms with Crippen molar-refractivity contribution < 1.29 is 23.9 Å². The standard InChI is InChI=1S/C35H37N5O5/c1-20(2)30(38-34(43)44-3)32(42)39-19-35(13-14-35)18-28(39)31(41)37-24-10-12-26-22(15-24)16-27-25-11-9-23(36)17-29(25)45-33(40(26)27)21-7-5-4-6-8-21/h4-12,15-17,20,28,30,33H,13-14,18-19,36H2,1-3H3,(H,37,41)(H,38,43). The van der Waals surface area contributed by atoms with Crippen LogP contribution in [0, 0.1) is 11.3 Å². The number of anilines is 2. The fourth-order valence-electron chi connectivity index (χ4n) is 6.79. The summed E-state index contributed by atoms with van der Waals surface area (Å²) in [4.78, 5) is 41.2. The number of rotatable bonds is 6. The number of nitrogens with one attached hydrogen (secondary N) is 2. The Morgan fingerprint density at radius 1 is 1.02 bits per heavy atom. The number of nitrogens with zero attached hydrogens (tertiary/aromatic N) is 2. The van der Waals surface area contributed by atoms with E-state index < -0.39 is 24.4 Å². The molecule has 3 atom stereocenters. The average molecular weight is 608 g/mol. The lowest BCUT2D eigenvalue weighted by Crippen LogP contribution is -2.54. The molecule has 2 fully saturated rings. The third kappa shape index (κ3) is 5.13. The predicted molar refractivity (Wildman–Crippen MR) is 172 cm³/mol. The van der Waals surface area contributed by atoms with E-state index in [4.69, 9.17) is 15.2 Å². The van der Waals surface area contributed by atoms with E-state index >= 15 is 0 Å². The molecule has 4 aromatic rings. The Morgan fingerprint density at radius 2 is 1.80 bits per heavy atom. The highest BCUT2D eigenvalue weighted by Gasteiger charge is 2.56. The maximum Gasteiger partial charge on any atom is 0.407 e. The van der Waals surface area contributed by atoms with Gasteiger partial charge in [-0.25, -0.2) is 4.79 Å². The van der Waals surface area contributed by atoms with Crippen molar-refractivity contribution >= 4 is 40.2 Å². The van der Waals surface area contributed by atoms with Crippen molar-refractivity contribution in [2.45, 2.75) is 51.4 Å². The van der Waals surface area contributed by atoms with Crippen LogP contribution in [0.2, 0.25) is 0 Å². The number of hydrogen-bond acceptors (Lipinski definition) is 6. The van der Waals surface area contributed by atoms with Gasteiger partial charge in [0.15, 0.2) is 0 Å². The molecule has 1 saturated heterocycles. The molecule has 3 unspecified atom stereocenters. The number of ether oxygens (including phenoxy) is 2. The summed E-state index contributed by atoms with van der Waals surface area (Å²) in [5, 5.41) is 6.70. The minimum absolute atomic E-state index is 0.0287. The molecule has 3 aliphatic rings. The van der Waals surface area contributed by atoms with E-state index in [0.29, 0.717) is 30.1 Å². The van der Waals surface area contributed by atoms with Crippen LogP contribution in [0.5, 0.6) is 5.75 Å². The molecule has 3 heterocycles. The second kappa shape index (κ2) is 10.9. The molecule has 1 aliphatic carbocycles. The minimum Gasteiger partial charge on any atom is -0.465 e. The zero-order valence-electron chi connectivity index (χ0n) is 25.6. The van der Waals surface area contributed by atoms with Gasteiger partial charge >= 0.3 is 6.09 Å². The third-order valence-corrected chi connectivity index (χ3v) is 9.39. The van der Waals surface area contributed by atoms with E-state index in [1.807, 2.05) is 80.6 Å². The topological polar surface area (TPSA) is 128 Å². The first-order valence-corrected chi connectivity index (χ1v) is 15.4. The number of aromatic nitrogens is 1. The monoisotopic (exact) mass is 607 g/mol. The van der Waals surface area contributed by atoms with Gasteiger partial charge in [-0.2, -0.15) is 0 Å². The fraction of sp³-hybridized carbons (Fsp3) is 0.343. The van der Waals surface area contributed by atoms with E-state index in [0.717, 1.165) is 40.6 Å². The number of nitrogens with two attached hydrogens (primary N) is 1. The molecule has 4 N–H and O–H groups in total. The summed E-state index contributed by atoms with van der Waals surface area (Å²) in [5.74, 6) is 0.0437. The Morgan fingerprint density at radius 3 is 2.51 bits per heavy atom. The zero-order valence-corrected chi connectivity index (χ0v) is 25.6. The highest BCUT2D eigenvalue weighted by Crippen LogP contribution is 2.55. The highest BCUT2D eigenvalue weighted by molar-refractivity contribution is 6.01. The number of carbonyl (C=O) groups is 3. The van der Waals surface area contributed by atoms with Gasteiger partial charge in [-0.05, 0) is 67.0 Å².